The maximum atomic E-state index is 10.1. The number of aromatic nitrogens is 3. The zero-order valence-electron chi connectivity index (χ0n) is 22.9. The fourth-order valence-electron chi connectivity index (χ4n) is 5.91. The summed E-state index contributed by atoms with van der Waals surface area (Å²) >= 11 is 0. The molecule has 1 saturated carbocycles. The van der Waals surface area contributed by atoms with E-state index >= 15 is 0 Å². The van der Waals surface area contributed by atoms with Crippen LogP contribution in [0.4, 0.5) is 5.95 Å². The molecule has 2 N–H and O–H groups in total. The molecule has 0 unspecified atom stereocenters. The van der Waals surface area contributed by atoms with Crippen LogP contribution in [-0.4, -0.2) is 74.8 Å². The lowest BCUT2D eigenvalue weighted by molar-refractivity contribution is 0.111. The molecule has 2 fully saturated rings. The van der Waals surface area contributed by atoms with Crippen molar-refractivity contribution in [3.05, 3.63) is 42.2 Å². The van der Waals surface area contributed by atoms with Crippen molar-refractivity contribution in [3.8, 4) is 11.1 Å². The minimum Gasteiger partial charge on any atom is -0.393 e. The number of benzene rings is 1. The number of likely N-dealkylation sites (N-methyl/N-ethyl adjacent to an activating group) is 1. The summed E-state index contributed by atoms with van der Waals surface area (Å²) in [4.78, 5) is 14.7. The molecule has 2 aromatic heterocycles. The Hall–Kier alpha value is -2.48. The lowest BCUT2D eigenvalue weighted by atomic mass is 9.93. The van der Waals surface area contributed by atoms with Gasteiger partial charge in [0.25, 0.3) is 0 Å². The third kappa shape index (κ3) is 6.16. The Labute approximate surface area is 221 Å². The quantitative estimate of drug-likeness (QED) is 0.411. The summed E-state index contributed by atoms with van der Waals surface area (Å²) in [6.45, 7) is 10.00. The van der Waals surface area contributed by atoms with Crippen LogP contribution in [0.1, 0.15) is 70.4 Å². The molecule has 0 bridgehead atoms. The summed E-state index contributed by atoms with van der Waals surface area (Å²) in [5, 5.41) is 14.8. The minimum atomic E-state index is -0.170. The lowest BCUT2D eigenvalue weighted by Gasteiger charge is -2.32. The number of nitrogens with one attached hydrogen (secondary N) is 1. The van der Waals surface area contributed by atoms with Crippen LogP contribution in [-0.2, 0) is 6.54 Å². The monoisotopic (exact) mass is 504 g/mol. The van der Waals surface area contributed by atoms with Gasteiger partial charge < -0.3 is 19.9 Å². The average molecular weight is 505 g/mol. The summed E-state index contributed by atoms with van der Waals surface area (Å²) in [6.07, 6.45) is 11.1. The van der Waals surface area contributed by atoms with Gasteiger partial charge in [0.2, 0.25) is 5.95 Å². The predicted molar refractivity (Wildman–Crippen MR) is 152 cm³/mol. The van der Waals surface area contributed by atoms with Crippen molar-refractivity contribution in [2.45, 2.75) is 83.5 Å². The third-order valence-corrected chi connectivity index (χ3v) is 8.36. The van der Waals surface area contributed by atoms with Crippen molar-refractivity contribution >= 4 is 17.0 Å². The summed E-state index contributed by atoms with van der Waals surface area (Å²) in [5.41, 5.74) is 4.77. The highest BCUT2D eigenvalue weighted by Gasteiger charge is 2.24. The molecule has 1 aliphatic heterocycles. The number of aliphatic hydroxyl groups excluding tert-OH is 1. The van der Waals surface area contributed by atoms with Gasteiger partial charge in [-0.1, -0.05) is 44.5 Å². The number of aliphatic hydroxyl groups is 1. The topological polar surface area (TPSA) is 69.5 Å². The Morgan fingerprint density at radius 2 is 1.76 bits per heavy atom. The third-order valence-electron chi connectivity index (χ3n) is 8.36. The Balaban J connectivity index is 1.43. The molecular weight excluding hydrogens is 460 g/mol. The molecule has 0 spiro atoms. The van der Waals surface area contributed by atoms with E-state index < -0.39 is 0 Å². The van der Waals surface area contributed by atoms with Crippen molar-refractivity contribution < 1.29 is 5.11 Å². The van der Waals surface area contributed by atoms with E-state index in [-0.39, 0.29) is 6.10 Å². The molecule has 2 aliphatic rings. The number of rotatable bonds is 9. The molecule has 3 heterocycles. The second-order valence-electron chi connectivity index (χ2n) is 11.2. The molecule has 1 atom stereocenters. The first kappa shape index (κ1) is 26.1. The lowest BCUT2D eigenvalue weighted by Crippen LogP contribution is -2.43. The maximum absolute atomic E-state index is 10.1. The van der Waals surface area contributed by atoms with Gasteiger partial charge in [0, 0.05) is 68.2 Å². The minimum absolute atomic E-state index is 0.170. The van der Waals surface area contributed by atoms with E-state index in [1.165, 1.54) is 16.7 Å². The van der Waals surface area contributed by atoms with E-state index in [9.17, 15) is 5.11 Å². The van der Waals surface area contributed by atoms with Gasteiger partial charge in [0.15, 0.2) is 0 Å². The average Bonchev–Trinajstić information content (AvgIpc) is 3.29. The number of hydrogen-bond donors (Lipinski definition) is 2. The number of nitrogens with zero attached hydrogens (tertiary/aromatic N) is 5. The Morgan fingerprint density at radius 3 is 2.43 bits per heavy atom. The molecule has 1 aromatic carbocycles. The zero-order valence-corrected chi connectivity index (χ0v) is 22.9. The second kappa shape index (κ2) is 11.9. The highest BCUT2D eigenvalue weighted by Crippen LogP contribution is 2.37. The summed E-state index contributed by atoms with van der Waals surface area (Å²) in [7, 11) is 2.20. The van der Waals surface area contributed by atoms with Crippen LogP contribution in [0, 0.1) is 0 Å². The van der Waals surface area contributed by atoms with Gasteiger partial charge in [0.1, 0.15) is 5.65 Å². The van der Waals surface area contributed by atoms with Crippen LogP contribution in [0.15, 0.2) is 36.7 Å². The van der Waals surface area contributed by atoms with E-state index in [4.69, 9.17) is 9.97 Å². The normalized spacial score (nSPS) is 22.4. The van der Waals surface area contributed by atoms with Crippen molar-refractivity contribution in [2.75, 3.05) is 38.5 Å². The van der Waals surface area contributed by atoms with Crippen LogP contribution < -0.4 is 5.32 Å². The van der Waals surface area contributed by atoms with Gasteiger partial charge in [-0.05, 0) is 56.7 Å². The molecule has 3 aromatic rings. The van der Waals surface area contributed by atoms with Gasteiger partial charge in [0.05, 0.1) is 6.10 Å². The van der Waals surface area contributed by atoms with Crippen LogP contribution in [0.3, 0.4) is 0 Å². The van der Waals surface area contributed by atoms with Crippen molar-refractivity contribution in [1.29, 1.82) is 0 Å². The molecule has 0 amide bonds. The Kier molecular flexibility index (Phi) is 8.43. The summed E-state index contributed by atoms with van der Waals surface area (Å²) in [6, 6.07) is 9.83. The van der Waals surface area contributed by atoms with Crippen LogP contribution in [0.5, 0.6) is 0 Å². The van der Waals surface area contributed by atoms with E-state index in [1.807, 2.05) is 6.20 Å². The zero-order chi connectivity index (χ0) is 25.8. The van der Waals surface area contributed by atoms with Crippen LogP contribution in [0.25, 0.3) is 22.2 Å². The van der Waals surface area contributed by atoms with Gasteiger partial charge in [-0.2, -0.15) is 4.98 Å². The molecule has 200 valence electrons. The van der Waals surface area contributed by atoms with Crippen molar-refractivity contribution in [2.24, 2.45) is 0 Å². The van der Waals surface area contributed by atoms with E-state index in [0.29, 0.717) is 12.1 Å². The Morgan fingerprint density at radius 1 is 1.03 bits per heavy atom. The molecule has 7 nitrogen and oxygen atoms in total. The highest BCUT2D eigenvalue weighted by molar-refractivity contribution is 5.94. The largest absolute Gasteiger partial charge is 0.393 e. The van der Waals surface area contributed by atoms with E-state index in [2.05, 4.69) is 71.0 Å². The molecule has 7 heteroatoms. The van der Waals surface area contributed by atoms with Crippen molar-refractivity contribution in [3.63, 3.8) is 0 Å². The van der Waals surface area contributed by atoms with Gasteiger partial charge in [-0.15, -0.1) is 0 Å². The molecular formula is C30H44N6O. The van der Waals surface area contributed by atoms with Crippen LogP contribution in [0.2, 0.25) is 0 Å². The summed E-state index contributed by atoms with van der Waals surface area (Å²) < 4.78 is 2.36. The number of anilines is 1. The SMILES string of the molecule is CCC[C@H](CC)Nc1ncc2c(-c3ccc(CN4CCN(C)CC4)cc3)cn(C3CCC(O)CC3)c2n1. The second-order valence-corrected chi connectivity index (χ2v) is 11.2. The van der Waals surface area contributed by atoms with E-state index in [0.717, 1.165) is 94.7 Å². The molecule has 37 heavy (non-hydrogen) atoms. The highest BCUT2D eigenvalue weighted by atomic mass is 16.3. The fraction of sp³-hybridized carbons (Fsp3) is 0.600. The van der Waals surface area contributed by atoms with Gasteiger partial charge >= 0.3 is 0 Å². The number of hydrogen-bond acceptors (Lipinski definition) is 6. The first-order chi connectivity index (χ1) is 18.0. The first-order valence-electron chi connectivity index (χ1n) is 14.4. The van der Waals surface area contributed by atoms with Gasteiger partial charge in [-0.3, -0.25) is 4.90 Å². The summed E-state index contributed by atoms with van der Waals surface area (Å²) in [5.74, 6) is 0.720. The van der Waals surface area contributed by atoms with Crippen LogP contribution >= 0.6 is 0 Å². The van der Waals surface area contributed by atoms with E-state index in [1.54, 1.807) is 0 Å². The smallest absolute Gasteiger partial charge is 0.224 e. The van der Waals surface area contributed by atoms with Gasteiger partial charge in [-0.25, -0.2) is 4.98 Å². The molecule has 1 aliphatic carbocycles. The first-order valence-corrected chi connectivity index (χ1v) is 14.4. The fourth-order valence-corrected chi connectivity index (χ4v) is 5.91. The predicted octanol–water partition coefficient (Wildman–Crippen LogP) is 5.31. The maximum Gasteiger partial charge on any atom is 0.224 e. The Bertz CT molecular complexity index is 1140. The molecule has 5 rings (SSSR count). The molecule has 1 saturated heterocycles. The molecule has 0 radical (unpaired) electrons. The number of piperazine rings is 1. The van der Waals surface area contributed by atoms with Crippen molar-refractivity contribution in [1.82, 2.24) is 24.3 Å². The standard InChI is InChI=1S/C30H44N6O/c1-4-6-24(5-2)32-30-31-19-27-28(21-36(29(27)33-30)25-11-13-26(37)14-12-25)23-9-7-22(8-10-23)20-35-17-15-34(3)16-18-35/h7-10,19,21,24-26,37H,4-6,11-18,20H2,1-3H3,(H,31,32,33)/t24-,25?,26?/m0/s1. The number of fused-ring (bicyclic) bond motifs is 1.